The number of carbonyl (C=O) groups excluding carboxylic acids is 1. The molecule has 0 spiro atoms. The van der Waals surface area contributed by atoms with Crippen LogP contribution in [0.2, 0.25) is 0 Å². The van der Waals surface area contributed by atoms with Gasteiger partial charge >= 0.3 is 0 Å². The topological polar surface area (TPSA) is 71.4 Å². The summed E-state index contributed by atoms with van der Waals surface area (Å²) in [6.45, 7) is 6.75. The Hall–Kier alpha value is -2.99. The quantitative estimate of drug-likeness (QED) is 0.670. The zero-order chi connectivity index (χ0) is 18.5. The molecule has 0 atom stereocenters. The summed E-state index contributed by atoms with van der Waals surface area (Å²) in [5.41, 5.74) is 1.68. The maximum Gasteiger partial charge on any atom is 0.295 e. The summed E-state index contributed by atoms with van der Waals surface area (Å²) >= 11 is 0. The average molecular weight is 351 g/mol. The zero-order valence-electron chi connectivity index (χ0n) is 15.0. The Labute approximate surface area is 152 Å². The summed E-state index contributed by atoms with van der Waals surface area (Å²) in [4.78, 5) is 13.5. The van der Waals surface area contributed by atoms with E-state index in [2.05, 4.69) is 24.1 Å². The molecular weight excluding hydrogens is 328 g/mol. The lowest BCUT2D eigenvalue weighted by Gasteiger charge is -2.17. The first-order valence-electron chi connectivity index (χ1n) is 8.80. The lowest BCUT2D eigenvalue weighted by Crippen LogP contribution is -3.10. The molecule has 0 aliphatic heterocycles. The third-order valence-corrected chi connectivity index (χ3v) is 4.56. The minimum absolute atomic E-state index is 0.0372. The number of azo groups is 1. The monoisotopic (exact) mass is 351 g/mol. The van der Waals surface area contributed by atoms with Gasteiger partial charge in [0.05, 0.1) is 18.6 Å². The van der Waals surface area contributed by atoms with E-state index < -0.39 is 5.91 Å². The molecular formula is C20H23N4O2+. The van der Waals surface area contributed by atoms with Gasteiger partial charge in [0.2, 0.25) is 5.88 Å². The van der Waals surface area contributed by atoms with E-state index in [-0.39, 0.29) is 5.88 Å². The summed E-state index contributed by atoms with van der Waals surface area (Å²) in [7, 11) is 0. The van der Waals surface area contributed by atoms with Crippen molar-refractivity contribution in [3.8, 4) is 5.88 Å². The van der Waals surface area contributed by atoms with Crippen molar-refractivity contribution in [3.63, 3.8) is 0 Å². The highest BCUT2D eigenvalue weighted by atomic mass is 16.3. The van der Waals surface area contributed by atoms with E-state index in [0.717, 1.165) is 24.0 Å². The van der Waals surface area contributed by atoms with E-state index >= 15 is 0 Å². The van der Waals surface area contributed by atoms with Crippen molar-refractivity contribution in [1.82, 2.24) is 4.57 Å². The first kappa shape index (κ1) is 17.8. The Morgan fingerprint density at radius 3 is 2.38 bits per heavy atom. The number of aromatic hydroxyl groups is 1. The first-order chi connectivity index (χ1) is 12.7. The van der Waals surface area contributed by atoms with E-state index in [1.807, 2.05) is 34.9 Å². The molecule has 0 aliphatic rings. The molecule has 6 nitrogen and oxygen atoms in total. The number of para-hydroxylation sites is 1. The average Bonchev–Trinajstić information content (AvgIpc) is 2.95. The van der Waals surface area contributed by atoms with Crippen molar-refractivity contribution in [3.05, 3.63) is 60.2 Å². The van der Waals surface area contributed by atoms with Gasteiger partial charge in [0.25, 0.3) is 5.91 Å². The normalized spacial score (nSPS) is 11.7. The van der Waals surface area contributed by atoms with Crippen LogP contribution in [0.4, 0.5) is 5.69 Å². The third-order valence-electron chi connectivity index (χ3n) is 4.56. The molecule has 0 aliphatic carbocycles. The molecule has 0 saturated heterocycles. The second-order valence-electron chi connectivity index (χ2n) is 6.10. The van der Waals surface area contributed by atoms with Gasteiger partial charge in [-0.05, 0) is 32.0 Å². The van der Waals surface area contributed by atoms with Gasteiger partial charge < -0.3 is 10.0 Å². The maximum absolute atomic E-state index is 12.2. The Kier molecular flexibility index (Phi) is 5.43. The van der Waals surface area contributed by atoms with Crippen LogP contribution in [0, 0.1) is 0 Å². The van der Waals surface area contributed by atoms with Crippen molar-refractivity contribution in [1.29, 1.82) is 0 Å². The van der Waals surface area contributed by atoms with Crippen LogP contribution in [-0.2, 0) is 6.67 Å². The molecule has 1 aromatic heterocycles. The van der Waals surface area contributed by atoms with Crippen LogP contribution in [0.15, 0.2) is 64.8 Å². The minimum atomic E-state index is -0.434. The molecule has 1 amide bonds. The zero-order valence-corrected chi connectivity index (χ0v) is 15.0. The van der Waals surface area contributed by atoms with E-state index in [4.69, 9.17) is 0 Å². The standard InChI is InChI=1S/C20H22N4O2/c1-3-23(4-2)14-24-17-13-9-8-12-16(17)18(20(24)26)21-22-19(25)15-10-6-5-7-11-15/h5-13,26H,3-4,14H2,1-2H3/p+1. The maximum atomic E-state index is 12.2. The lowest BCUT2D eigenvalue weighted by molar-refractivity contribution is -0.919. The van der Waals surface area contributed by atoms with Gasteiger partial charge in [0.15, 0.2) is 12.4 Å². The highest BCUT2D eigenvalue weighted by Gasteiger charge is 2.19. The fourth-order valence-corrected chi connectivity index (χ4v) is 2.96. The SMILES string of the molecule is CC[NH+](CC)Cn1c(O)c(N=NC(=O)c2ccccc2)c2ccccc21. The Balaban J connectivity index is 1.99. The van der Waals surface area contributed by atoms with Gasteiger partial charge in [-0.15, -0.1) is 10.2 Å². The fourth-order valence-electron chi connectivity index (χ4n) is 2.96. The molecule has 3 rings (SSSR count). The van der Waals surface area contributed by atoms with Crippen LogP contribution in [0.3, 0.4) is 0 Å². The molecule has 1 heterocycles. The summed E-state index contributed by atoms with van der Waals surface area (Å²) < 4.78 is 1.83. The van der Waals surface area contributed by atoms with Crippen molar-refractivity contribution < 1.29 is 14.8 Å². The van der Waals surface area contributed by atoms with Gasteiger partial charge in [-0.2, -0.15) is 0 Å². The molecule has 0 fully saturated rings. The van der Waals surface area contributed by atoms with Crippen LogP contribution >= 0.6 is 0 Å². The van der Waals surface area contributed by atoms with Crippen LogP contribution in [0.25, 0.3) is 10.9 Å². The lowest BCUT2D eigenvalue weighted by atomic mass is 10.2. The Morgan fingerprint density at radius 2 is 1.69 bits per heavy atom. The first-order valence-corrected chi connectivity index (χ1v) is 8.80. The van der Waals surface area contributed by atoms with Gasteiger partial charge in [0, 0.05) is 10.9 Å². The van der Waals surface area contributed by atoms with Crippen LogP contribution in [-0.4, -0.2) is 28.7 Å². The minimum Gasteiger partial charge on any atom is -0.493 e. The number of quaternary nitrogens is 1. The predicted molar refractivity (Wildman–Crippen MR) is 101 cm³/mol. The third kappa shape index (κ3) is 3.50. The van der Waals surface area contributed by atoms with Crippen LogP contribution in [0.5, 0.6) is 5.88 Å². The second kappa shape index (κ2) is 7.93. The van der Waals surface area contributed by atoms with Crippen molar-refractivity contribution in [2.75, 3.05) is 13.1 Å². The van der Waals surface area contributed by atoms with Crippen molar-refractivity contribution >= 4 is 22.5 Å². The molecule has 0 bridgehead atoms. The summed E-state index contributed by atoms with van der Waals surface area (Å²) in [6.07, 6.45) is 0. The molecule has 0 radical (unpaired) electrons. The van der Waals surface area contributed by atoms with Gasteiger partial charge in [-0.3, -0.25) is 9.36 Å². The van der Waals surface area contributed by atoms with E-state index in [1.54, 1.807) is 24.3 Å². The number of hydrogen-bond donors (Lipinski definition) is 2. The summed E-state index contributed by atoms with van der Waals surface area (Å²) in [5, 5.41) is 19.4. The number of carbonyl (C=O) groups is 1. The number of rotatable bonds is 6. The molecule has 0 saturated carbocycles. The smallest absolute Gasteiger partial charge is 0.295 e. The predicted octanol–water partition coefficient (Wildman–Crippen LogP) is 3.15. The number of benzene rings is 2. The van der Waals surface area contributed by atoms with Gasteiger partial charge in [-0.25, -0.2) is 0 Å². The highest BCUT2D eigenvalue weighted by molar-refractivity contribution is 5.97. The Bertz CT molecular complexity index is 928. The van der Waals surface area contributed by atoms with E-state index in [9.17, 15) is 9.90 Å². The van der Waals surface area contributed by atoms with E-state index in [0.29, 0.717) is 17.9 Å². The molecule has 134 valence electrons. The van der Waals surface area contributed by atoms with Gasteiger partial charge in [0.1, 0.15) is 0 Å². The number of nitrogens with one attached hydrogen (secondary N) is 1. The van der Waals surface area contributed by atoms with Gasteiger partial charge in [-0.1, -0.05) is 36.4 Å². The largest absolute Gasteiger partial charge is 0.493 e. The number of amides is 1. The molecule has 3 aromatic rings. The number of hydrogen-bond acceptors (Lipinski definition) is 3. The van der Waals surface area contributed by atoms with Crippen molar-refractivity contribution in [2.24, 2.45) is 10.2 Å². The molecule has 0 unspecified atom stereocenters. The van der Waals surface area contributed by atoms with Crippen LogP contribution in [0.1, 0.15) is 24.2 Å². The fraction of sp³-hybridized carbons (Fsp3) is 0.250. The summed E-state index contributed by atoms with van der Waals surface area (Å²) in [6, 6.07) is 16.4. The highest BCUT2D eigenvalue weighted by Crippen LogP contribution is 2.38. The number of nitrogens with zero attached hydrogens (tertiary/aromatic N) is 3. The molecule has 26 heavy (non-hydrogen) atoms. The Morgan fingerprint density at radius 1 is 1.04 bits per heavy atom. The molecule has 6 heteroatoms. The number of aromatic nitrogens is 1. The van der Waals surface area contributed by atoms with E-state index in [1.165, 1.54) is 4.90 Å². The van der Waals surface area contributed by atoms with Crippen LogP contribution < -0.4 is 4.90 Å². The molecule has 2 aromatic carbocycles. The second-order valence-corrected chi connectivity index (χ2v) is 6.10. The van der Waals surface area contributed by atoms with Crippen molar-refractivity contribution in [2.45, 2.75) is 20.5 Å². The summed E-state index contributed by atoms with van der Waals surface area (Å²) in [5.74, 6) is -0.397. The number of fused-ring (bicyclic) bond motifs is 1. The molecule has 2 N–H and O–H groups in total.